The van der Waals surface area contributed by atoms with Gasteiger partial charge in [0.2, 0.25) is 0 Å². The van der Waals surface area contributed by atoms with Gasteiger partial charge in [-0.1, -0.05) is 36.4 Å². The highest BCUT2D eigenvalue weighted by Gasteiger charge is 2.02. The van der Waals surface area contributed by atoms with Gasteiger partial charge >= 0.3 is 0 Å². The van der Waals surface area contributed by atoms with Crippen LogP contribution in [0, 0.1) is 0 Å². The van der Waals surface area contributed by atoms with E-state index in [2.05, 4.69) is 44.8 Å². The van der Waals surface area contributed by atoms with E-state index in [1.807, 2.05) is 53.5 Å². The summed E-state index contributed by atoms with van der Waals surface area (Å²) in [5.74, 6) is 0.772. The van der Waals surface area contributed by atoms with Gasteiger partial charge in [-0.3, -0.25) is 9.67 Å². The Labute approximate surface area is 177 Å². The monoisotopic (exact) mass is 476 g/mol. The molecular weight excluding hydrogens is 451 g/mol. The van der Waals surface area contributed by atoms with E-state index in [4.69, 9.17) is 0 Å². The number of aromatic nitrogens is 3. The summed E-state index contributed by atoms with van der Waals surface area (Å²) in [6.45, 7) is 4.84. The zero-order valence-electron chi connectivity index (χ0n) is 15.4. The number of benzene rings is 1. The van der Waals surface area contributed by atoms with Gasteiger partial charge in [0.05, 0.1) is 31.5 Å². The second kappa shape index (κ2) is 11.3. The first kappa shape index (κ1) is 20.9. The Bertz CT molecular complexity index is 817. The lowest BCUT2D eigenvalue weighted by Crippen LogP contribution is -2.36. The number of halogens is 1. The SMILES string of the molecule is CCNC(=NCc1cnn(Cc2ccccc2)c1)NCc1ccccn1.I. The van der Waals surface area contributed by atoms with E-state index in [0.717, 1.165) is 30.3 Å². The third-order valence-electron chi connectivity index (χ3n) is 3.80. The summed E-state index contributed by atoms with van der Waals surface area (Å²) in [6.07, 6.45) is 5.70. The maximum Gasteiger partial charge on any atom is 0.191 e. The molecule has 6 nitrogen and oxygen atoms in total. The quantitative estimate of drug-likeness (QED) is 0.312. The van der Waals surface area contributed by atoms with Gasteiger partial charge < -0.3 is 10.6 Å². The lowest BCUT2D eigenvalue weighted by atomic mass is 10.2. The molecular formula is C20H25IN6. The highest BCUT2D eigenvalue weighted by molar-refractivity contribution is 14.0. The molecule has 0 saturated heterocycles. The molecule has 0 saturated carbocycles. The molecule has 3 rings (SSSR count). The number of nitrogens with zero attached hydrogens (tertiary/aromatic N) is 4. The predicted molar refractivity (Wildman–Crippen MR) is 119 cm³/mol. The van der Waals surface area contributed by atoms with E-state index < -0.39 is 0 Å². The first-order valence-corrected chi connectivity index (χ1v) is 8.81. The number of aliphatic imine (C=N–C) groups is 1. The number of hydrogen-bond acceptors (Lipinski definition) is 3. The van der Waals surface area contributed by atoms with E-state index in [0.29, 0.717) is 13.1 Å². The van der Waals surface area contributed by atoms with Gasteiger partial charge in [0.15, 0.2) is 5.96 Å². The van der Waals surface area contributed by atoms with Crippen LogP contribution in [0.2, 0.25) is 0 Å². The maximum absolute atomic E-state index is 4.63. The van der Waals surface area contributed by atoms with E-state index >= 15 is 0 Å². The number of guanidine groups is 1. The summed E-state index contributed by atoms with van der Waals surface area (Å²) in [5, 5.41) is 11.0. The number of nitrogens with one attached hydrogen (secondary N) is 2. The van der Waals surface area contributed by atoms with Crippen molar-refractivity contribution in [2.24, 2.45) is 4.99 Å². The van der Waals surface area contributed by atoms with E-state index in [1.54, 1.807) is 6.20 Å². The summed E-state index contributed by atoms with van der Waals surface area (Å²) in [5.41, 5.74) is 3.29. The fourth-order valence-corrected chi connectivity index (χ4v) is 2.53. The molecule has 3 aromatic rings. The summed E-state index contributed by atoms with van der Waals surface area (Å²) in [6, 6.07) is 16.2. The number of hydrogen-bond donors (Lipinski definition) is 2. The Balaban J connectivity index is 0.00000261. The number of pyridine rings is 1. The molecule has 0 unspecified atom stereocenters. The molecule has 27 heavy (non-hydrogen) atoms. The zero-order chi connectivity index (χ0) is 18.0. The van der Waals surface area contributed by atoms with Crippen molar-refractivity contribution in [2.75, 3.05) is 6.54 Å². The molecule has 0 fully saturated rings. The van der Waals surface area contributed by atoms with Crippen molar-refractivity contribution in [2.45, 2.75) is 26.6 Å². The molecule has 2 aromatic heterocycles. The van der Waals surface area contributed by atoms with Gasteiger partial charge in [0.25, 0.3) is 0 Å². The molecule has 2 N–H and O–H groups in total. The normalized spacial score (nSPS) is 10.9. The smallest absolute Gasteiger partial charge is 0.191 e. The molecule has 0 aliphatic heterocycles. The molecule has 0 aliphatic rings. The molecule has 1 aromatic carbocycles. The van der Waals surface area contributed by atoms with Crippen LogP contribution in [0.15, 0.2) is 72.1 Å². The average molecular weight is 476 g/mol. The predicted octanol–water partition coefficient (Wildman–Crippen LogP) is 3.20. The highest BCUT2D eigenvalue weighted by atomic mass is 127. The van der Waals surface area contributed by atoms with Crippen LogP contribution in [0.1, 0.15) is 23.7 Å². The Morgan fingerprint density at radius 3 is 2.59 bits per heavy atom. The summed E-state index contributed by atoms with van der Waals surface area (Å²) in [4.78, 5) is 8.95. The van der Waals surface area contributed by atoms with E-state index in [1.165, 1.54) is 5.56 Å². The van der Waals surface area contributed by atoms with Gasteiger partial charge in [0, 0.05) is 24.5 Å². The molecule has 2 heterocycles. The van der Waals surface area contributed by atoms with Crippen molar-refractivity contribution >= 4 is 29.9 Å². The van der Waals surface area contributed by atoms with Gasteiger partial charge in [-0.15, -0.1) is 24.0 Å². The van der Waals surface area contributed by atoms with Crippen LogP contribution in [0.4, 0.5) is 0 Å². The minimum Gasteiger partial charge on any atom is -0.357 e. The second-order valence-corrected chi connectivity index (χ2v) is 5.90. The average Bonchev–Trinajstić information content (AvgIpc) is 3.13. The minimum atomic E-state index is 0. The van der Waals surface area contributed by atoms with Crippen molar-refractivity contribution in [3.05, 3.63) is 83.9 Å². The van der Waals surface area contributed by atoms with Crippen molar-refractivity contribution in [1.82, 2.24) is 25.4 Å². The molecule has 0 spiro atoms. The van der Waals surface area contributed by atoms with Crippen molar-refractivity contribution in [1.29, 1.82) is 0 Å². The highest BCUT2D eigenvalue weighted by Crippen LogP contribution is 2.05. The Kier molecular flexibility index (Phi) is 8.76. The third-order valence-corrected chi connectivity index (χ3v) is 3.80. The van der Waals surface area contributed by atoms with Gasteiger partial charge in [0.1, 0.15) is 0 Å². The Morgan fingerprint density at radius 1 is 1.04 bits per heavy atom. The van der Waals surface area contributed by atoms with Crippen LogP contribution < -0.4 is 10.6 Å². The van der Waals surface area contributed by atoms with Crippen LogP contribution in [0.5, 0.6) is 0 Å². The van der Waals surface area contributed by atoms with Crippen molar-refractivity contribution in [3.8, 4) is 0 Å². The molecule has 0 bridgehead atoms. The molecule has 0 atom stereocenters. The third kappa shape index (κ3) is 7.01. The van der Waals surface area contributed by atoms with Gasteiger partial charge in [-0.25, -0.2) is 4.99 Å². The molecule has 142 valence electrons. The minimum absolute atomic E-state index is 0. The maximum atomic E-state index is 4.63. The zero-order valence-corrected chi connectivity index (χ0v) is 17.7. The molecule has 0 amide bonds. The standard InChI is InChI=1S/C20H24N6.HI/c1-2-21-20(24-14-19-10-6-7-11-22-19)23-12-18-13-25-26(16-18)15-17-8-4-3-5-9-17;/h3-11,13,16H,2,12,14-15H2,1H3,(H2,21,23,24);1H. The Hall–Kier alpha value is -2.42. The first-order chi connectivity index (χ1) is 12.8. The topological polar surface area (TPSA) is 67.1 Å². The lowest BCUT2D eigenvalue weighted by molar-refractivity contribution is 0.686. The van der Waals surface area contributed by atoms with Crippen LogP contribution >= 0.6 is 24.0 Å². The van der Waals surface area contributed by atoms with Gasteiger partial charge in [-0.05, 0) is 24.6 Å². The van der Waals surface area contributed by atoms with Crippen LogP contribution in [-0.2, 0) is 19.6 Å². The van der Waals surface area contributed by atoms with Crippen LogP contribution in [-0.4, -0.2) is 27.3 Å². The molecule has 7 heteroatoms. The summed E-state index contributed by atoms with van der Waals surface area (Å²) in [7, 11) is 0. The summed E-state index contributed by atoms with van der Waals surface area (Å²) < 4.78 is 1.94. The largest absolute Gasteiger partial charge is 0.357 e. The number of rotatable bonds is 7. The first-order valence-electron chi connectivity index (χ1n) is 8.81. The fourth-order valence-electron chi connectivity index (χ4n) is 2.53. The van der Waals surface area contributed by atoms with Crippen molar-refractivity contribution < 1.29 is 0 Å². The molecule has 0 aliphatic carbocycles. The fraction of sp³-hybridized carbons (Fsp3) is 0.250. The summed E-state index contributed by atoms with van der Waals surface area (Å²) >= 11 is 0. The van der Waals surface area contributed by atoms with Crippen LogP contribution in [0.3, 0.4) is 0 Å². The second-order valence-electron chi connectivity index (χ2n) is 5.90. The van der Waals surface area contributed by atoms with Crippen molar-refractivity contribution in [3.63, 3.8) is 0 Å². The Morgan fingerprint density at radius 2 is 1.85 bits per heavy atom. The lowest BCUT2D eigenvalue weighted by Gasteiger charge is -2.10. The van der Waals surface area contributed by atoms with E-state index in [9.17, 15) is 0 Å². The molecule has 0 radical (unpaired) electrons. The van der Waals surface area contributed by atoms with Gasteiger partial charge in [-0.2, -0.15) is 5.10 Å². The van der Waals surface area contributed by atoms with E-state index in [-0.39, 0.29) is 24.0 Å². The van der Waals surface area contributed by atoms with Crippen LogP contribution in [0.25, 0.3) is 0 Å².